The SMILES string of the molecule is CCCC(CC)(CN)NCC(C)C1CC1. The van der Waals surface area contributed by atoms with E-state index in [1.54, 1.807) is 0 Å². The molecule has 1 aliphatic rings. The van der Waals surface area contributed by atoms with E-state index in [0.717, 1.165) is 31.3 Å². The highest BCUT2D eigenvalue weighted by Gasteiger charge is 2.30. The third-order valence-corrected chi connectivity index (χ3v) is 4.02. The molecule has 1 rings (SSSR count). The van der Waals surface area contributed by atoms with Crippen LogP contribution in [0.3, 0.4) is 0 Å². The Bertz CT molecular complexity index is 171. The van der Waals surface area contributed by atoms with Crippen molar-refractivity contribution in [1.82, 2.24) is 5.32 Å². The van der Waals surface area contributed by atoms with Crippen LogP contribution in [-0.2, 0) is 0 Å². The van der Waals surface area contributed by atoms with Gasteiger partial charge in [-0.1, -0.05) is 27.2 Å². The van der Waals surface area contributed by atoms with Gasteiger partial charge in [-0.2, -0.15) is 0 Å². The van der Waals surface area contributed by atoms with Gasteiger partial charge in [-0.25, -0.2) is 0 Å². The minimum Gasteiger partial charge on any atom is -0.329 e. The second-order valence-electron chi connectivity index (χ2n) is 5.28. The maximum atomic E-state index is 5.92. The van der Waals surface area contributed by atoms with Crippen LogP contribution in [-0.4, -0.2) is 18.6 Å². The summed E-state index contributed by atoms with van der Waals surface area (Å²) in [5, 5.41) is 3.73. The van der Waals surface area contributed by atoms with Crippen molar-refractivity contribution in [3.8, 4) is 0 Å². The molecule has 2 nitrogen and oxygen atoms in total. The topological polar surface area (TPSA) is 38.0 Å². The molecule has 0 saturated heterocycles. The van der Waals surface area contributed by atoms with Crippen molar-refractivity contribution in [2.24, 2.45) is 17.6 Å². The Balaban J connectivity index is 2.34. The maximum Gasteiger partial charge on any atom is 0.0301 e. The lowest BCUT2D eigenvalue weighted by atomic mass is 9.89. The molecule has 1 fully saturated rings. The van der Waals surface area contributed by atoms with E-state index >= 15 is 0 Å². The van der Waals surface area contributed by atoms with Crippen molar-refractivity contribution >= 4 is 0 Å². The minimum absolute atomic E-state index is 0.206. The zero-order chi connectivity index (χ0) is 11.3. The largest absolute Gasteiger partial charge is 0.329 e. The van der Waals surface area contributed by atoms with Gasteiger partial charge in [0.15, 0.2) is 0 Å². The normalized spacial score (nSPS) is 22.4. The summed E-state index contributed by atoms with van der Waals surface area (Å²) in [7, 11) is 0. The predicted octanol–water partition coefficient (Wildman–Crippen LogP) is 2.53. The lowest BCUT2D eigenvalue weighted by Crippen LogP contribution is -2.52. The minimum atomic E-state index is 0.206. The molecule has 0 aromatic carbocycles. The van der Waals surface area contributed by atoms with Crippen molar-refractivity contribution in [2.45, 2.75) is 58.4 Å². The van der Waals surface area contributed by atoms with Crippen LogP contribution < -0.4 is 11.1 Å². The van der Waals surface area contributed by atoms with Crippen molar-refractivity contribution in [3.63, 3.8) is 0 Å². The first kappa shape index (κ1) is 13.0. The number of hydrogen-bond donors (Lipinski definition) is 2. The number of nitrogens with two attached hydrogens (primary N) is 1. The smallest absolute Gasteiger partial charge is 0.0301 e. The number of rotatable bonds is 8. The second-order valence-corrected chi connectivity index (χ2v) is 5.28. The highest BCUT2D eigenvalue weighted by atomic mass is 15.0. The molecule has 0 aliphatic heterocycles. The predicted molar refractivity (Wildman–Crippen MR) is 66.9 cm³/mol. The Kier molecular flexibility index (Phi) is 5.07. The van der Waals surface area contributed by atoms with Gasteiger partial charge in [0.25, 0.3) is 0 Å². The Morgan fingerprint density at radius 3 is 2.47 bits per heavy atom. The summed E-state index contributed by atoms with van der Waals surface area (Å²) >= 11 is 0. The lowest BCUT2D eigenvalue weighted by molar-refractivity contribution is 0.272. The first-order valence-electron chi connectivity index (χ1n) is 6.62. The average molecular weight is 212 g/mol. The molecule has 1 aliphatic carbocycles. The van der Waals surface area contributed by atoms with Crippen molar-refractivity contribution in [3.05, 3.63) is 0 Å². The first-order valence-corrected chi connectivity index (χ1v) is 6.62. The fourth-order valence-corrected chi connectivity index (χ4v) is 2.40. The zero-order valence-corrected chi connectivity index (χ0v) is 10.7. The summed E-state index contributed by atoms with van der Waals surface area (Å²) in [6, 6.07) is 0. The molecule has 2 heteroatoms. The van der Waals surface area contributed by atoms with Gasteiger partial charge in [0.2, 0.25) is 0 Å². The molecular weight excluding hydrogens is 184 g/mol. The highest BCUT2D eigenvalue weighted by molar-refractivity contribution is 4.89. The van der Waals surface area contributed by atoms with Crippen LogP contribution in [0.25, 0.3) is 0 Å². The summed E-state index contributed by atoms with van der Waals surface area (Å²) in [6.45, 7) is 8.78. The molecule has 0 heterocycles. The fourth-order valence-electron chi connectivity index (χ4n) is 2.40. The highest BCUT2D eigenvalue weighted by Crippen LogP contribution is 2.36. The van der Waals surface area contributed by atoms with E-state index in [2.05, 4.69) is 26.1 Å². The zero-order valence-electron chi connectivity index (χ0n) is 10.7. The third-order valence-electron chi connectivity index (χ3n) is 4.02. The Hall–Kier alpha value is -0.0800. The van der Waals surface area contributed by atoms with Crippen LogP contribution in [0.1, 0.15) is 52.9 Å². The van der Waals surface area contributed by atoms with E-state index in [-0.39, 0.29) is 5.54 Å². The van der Waals surface area contributed by atoms with Crippen molar-refractivity contribution in [2.75, 3.05) is 13.1 Å². The average Bonchev–Trinajstić information content (AvgIpc) is 3.07. The Labute approximate surface area is 95.0 Å². The summed E-state index contributed by atoms with van der Waals surface area (Å²) in [5.41, 5.74) is 6.13. The van der Waals surface area contributed by atoms with Crippen molar-refractivity contribution in [1.29, 1.82) is 0 Å². The molecule has 0 bridgehead atoms. The Morgan fingerprint density at radius 2 is 2.07 bits per heavy atom. The van der Waals surface area contributed by atoms with E-state index in [9.17, 15) is 0 Å². The lowest BCUT2D eigenvalue weighted by Gasteiger charge is -2.34. The van der Waals surface area contributed by atoms with Gasteiger partial charge in [0, 0.05) is 12.1 Å². The van der Waals surface area contributed by atoms with Crippen LogP contribution in [0.4, 0.5) is 0 Å². The summed E-state index contributed by atoms with van der Waals surface area (Å²) in [5.74, 6) is 1.82. The molecule has 90 valence electrons. The molecule has 0 amide bonds. The molecule has 0 radical (unpaired) electrons. The van der Waals surface area contributed by atoms with Gasteiger partial charge in [-0.3, -0.25) is 0 Å². The second kappa shape index (κ2) is 5.86. The summed E-state index contributed by atoms with van der Waals surface area (Å²) < 4.78 is 0. The van der Waals surface area contributed by atoms with Crippen LogP contribution in [0.2, 0.25) is 0 Å². The first-order chi connectivity index (χ1) is 7.17. The standard InChI is InChI=1S/C13H28N2/c1-4-8-13(5-2,10-14)15-9-11(3)12-6-7-12/h11-12,15H,4-10,14H2,1-3H3. The molecule has 3 N–H and O–H groups in total. The molecule has 2 unspecified atom stereocenters. The quantitative estimate of drug-likeness (QED) is 0.649. The van der Waals surface area contributed by atoms with Gasteiger partial charge >= 0.3 is 0 Å². The number of nitrogens with one attached hydrogen (secondary N) is 1. The van der Waals surface area contributed by atoms with Gasteiger partial charge < -0.3 is 11.1 Å². The maximum absolute atomic E-state index is 5.92. The van der Waals surface area contributed by atoms with Crippen LogP contribution in [0.15, 0.2) is 0 Å². The molecular formula is C13H28N2. The molecule has 0 aromatic rings. The summed E-state index contributed by atoms with van der Waals surface area (Å²) in [6.07, 6.45) is 6.46. The Morgan fingerprint density at radius 1 is 1.40 bits per heavy atom. The molecule has 1 saturated carbocycles. The van der Waals surface area contributed by atoms with E-state index in [0.29, 0.717) is 0 Å². The van der Waals surface area contributed by atoms with Crippen molar-refractivity contribution < 1.29 is 0 Å². The number of hydrogen-bond acceptors (Lipinski definition) is 2. The van der Waals surface area contributed by atoms with E-state index in [4.69, 9.17) is 5.73 Å². The van der Waals surface area contributed by atoms with Gasteiger partial charge in [-0.05, 0) is 44.1 Å². The van der Waals surface area contributed by atoms with Crippen LogP contribution >= 0.6 is 0 Å². The van der Waals surface area contributed by atoms with Gasteiger partial charge in [0.05, 0.1) is 0 Å². The van der Waals surface area contributed by atoms with E-state index in [1.165, 1.54) is 25.7 Å². The third kappa shape index (κ3) is 3.76. The molecule has 2 atom stereocenters. The monoisotopic (exact) mass is 212 g/mol. The molecule has 0 spiro atoms. The van der Waals surface area contributed by atoms with Gasteiger partial charge in [0.1, 0.15) is 0 Å². The van der Waals surface area contributed by atoms with E-state index < -0.39 is 0 Å². The summed E-state index contributed by atoms with van der Waals surface area (Å²) in [4.78, 5) is 0. The molecule has 0 aromatic heterocycles. The van der Waals surface area contributed by atoms with E-state index in [1.807, 2.05) is 0 Å². The fraction of sp³-hybridized carbons (Fsp3) is 1.00. The van der Waals surface area contributed by atoms with Crippen LogP contribution in [0, 0.1) is 11.8 Å². The van der Waals surface area contributed by atoms with Gasteiger partial charge in [-0.15, -0.1) is 0 Å². The molecule has 15 heavy (non-hydrogen) atoms. The van der Waals surface area contributed by atoms with Crippen LogP contribution in [0.5, 0.6) is 0 Å².